The Bertz CT molecular complexity index is 345. The van der Waals surface area contributed by atoms with Gasteiger partial charge in [0.25, 0.3) is 5.56 Å². The molecule has 7 heteroatoms. The Morgan fingerprint density at radius 3 is 2.50 bits per heavy atom. The van der Waals surface area contributed by atoms with Crippen molar-refractivity contribution in [3.8, 4) is 0 Å². The predicted molar refractivity (Wildman–Crippen MR) is 37.6 cm³/mol. The lowest BCUT2D eigenvalue weighted by Crippen LogP contribution is -2.15. The molecule has 12 heavy (non-hydrogen) atoms. The minimum atomic E-state index is -4.54. The summed E-state index contributed by atoms with van der Waals surface area (Å²) >= 11 is 2.58. The SMILES string of the molecule is O=c1[nH]cc(C(F)(F)F)nc1Br. The number of hydrogen-bond donors (Lipinski definition) is 1. The molecular weight excluding hydrogens is 241 g/mol. The van der Waals surface area contributed by atoms with Crippen LogP contribution in [-0.2, 0) is 6.18 Å². The Morgan fingerprint density at radius 2 is 2.08 bits per heavy atom. The second kappa shape index (κ2) is 2.89. The van der Waals surface area contributed by atoms with Gasteiger partial charge >= 0.3 is 6.18 Å². The highest BCUT2D eigenvalue weighted by Gasteiger charge is 2.33. The molecule has 0 saturated heterocycles. The van der Waals surface area contributed by atoms with Crippen molar-refractivity contribution in [2.45, 2.75) is 6.18 Å². The third-order valence-electron chi connectivity index (χ3n) is 1.04. The van der Waals surface area contributed by atoms with Crippen molar-refractivity contribution in [3.05, 3.63) is 26.8 Å². The van der Waals surface area contributed by atoms with Gasteiger partial charge in [0, 0.05) is 6.20 Å². The number of nitrogens with one attached hydrogen (secondary N) is 1. The molecule has 3 nitrogen and oxygen atoms in total. The maximum absolute atomic E-state index is 11.9. The fourth-order valence-corrected chi connectivity index (χ4v) is 0.833. The number of aromatic amines is 1. The number of rotatable bonds is 0. The fraction of sp³-hybridized carbons (Fsp3) is 0.200. The van der Waals surface area contributed by atoms with Crippen LogP contribution in [0.15, 0.2) is 15.6 Å². The van der Waals surface area contributed by atoms with Gasteiger partial charge in [0.05, 0.1) is 0 Å². The zero-order chi connectivity index (χ0) is 9.35. The normalized spacial score (nSPS) is 11.7. The fourth-order valence-electron chi connectivity index (χ4n) is 0.527. The third kappa shape index (κ3) is 1.84. The van der Waals surface area contributed by atoms with Crippen LogP contribution in [0.2, 0.25) is 0 Å². The zero-order valence-electron chi connectivity index (χ0n) is 5.44. The predicted octanol–water partition coefficient (Wildman–Crippen LogP) is 1.55. The minimum Gasteiger partial charge on any atom is -0.325 e. The molecule has 0 bridgehead atoms. The van der Waals surface area contributed by atoms with Gasteiger partial charge in [-0.25, -0.2) is 4.98 Å². The summed E-state index contributed by atoms with van der Waals surface area (Å²) in [5, 5.41) is 0. The number of alkyl halides is 3. The average molecular weight is 243 g/mol. The van der Waals surface area contributed by atoms with Gasteiger partial charge in [-0.3, -0.25) is 4.79 Å². The molecule has 1 rings (SSSR count). The summed E-state index contributed by atoms with van der Waals surface area (Å²) in [6.07, 6.45) is -4.01. The molecule has 1 N–H and O–H groups in total. The van der Waals surface area contributed by atoms with Crippen molar-refractivity contribution < 1.29 is 13.2 Å². The van der Waals surface area contributed by atoms with E-state index in [0.29, 0.717) is 6.20 Å². The van der Waals surface area contributed by atoms with Gasteiger partial charge in [-0.2, -0.15) is 13.2 Å². The highest BCUT2D eigenvalue weighted by molar-refractivity contribution is 9.10. The summed E-state index contributed by atoms with van der Waals surface area (Å²) in [5.41, 5.74) is -1.82. The van der Waals surface area contributed by atoms with Crippen molar-refractivity contribution in [2.24, 2.45) is 0 Å². The van der Waals surface area contributed by atoms with E-state index in [9.17, 15) is 18.0 Å². The van der Waals surface area contributed by atoms with Crippen LogP contribution < -0.4 is 5.56 Å². The molecule has 0 aromatic carbocycles. The smallest absolute Gasteiger partial charge is 0.325 e. The van der Waals surface area contributed by atoms with Gasteiger partial charge in [-0.15, -0.1) is 0 Å². The summed E-state index contributed by atoms with van der Waals surface area (Å²) in [4.78, 5) is 15.4. The Kier molecular flexibility index (Phi) is 2.22. The van der Waals surface area contributed by atoms with E-state index in [2.05, 4.69) is 20.9 Å². The first kappa shape index (κ1) is 9.24. The highest BCUT2D eigenvalue weighted by atomic mass is 79.9. The lowest BCUT2D eigenvalue weighted by molar-refractivity contribution is -0.141. The number of nitrogens with zero attached hydrogens (tertiary/aromatic N) is 1. The van der Waals surface area contributed by atoms with Crippen LogP contribution in [0.1, 0.15) is 5.69 Å². The topological polar surface area (TPSA) is 45.8 Å². The monoisotopic (exact) mass is 242 g/mol. The van der Waals surface area contributed by atoms with Gasteiger partial charge in [0.2, 0.25) is 0 Å². The molecule has 0 amide bonds. The molecule has 0 spiro atoms. The lowest BCUT2D eigenvalue weighted by Gasteiger charge is -2.03. The van der Waals surface area contributed by atoms with E-state index in [1.165, 1.54) is 0 Å². The van der Waals surface area contributed by atoms with E-state index < -0.39 is 17.4 Å². The zero-order valence-corrected chi connectivity index (χ0v) is 7.03. The van der Waals surface area contributed by atoms with Crippen LogP contribution in [0.5, 0.6) is 0 Å². The van der Waals surface area contributed by atoms with E-state index in [0.717, 1.165) is 0 Å². The molecule has 1 aromatic rings. The largest absolute Gasteiger partial charge is 0.434 e. The summed E-state index contributed by atoms with van der Waals surface area (Å²) in [7, 11) is 0. The van der Waals surface area contributed by atoms with Crippen molar-refractivity contribution in [1.82, 2.24) is 9.97 Å². The Morgan fingerprint density at radius 1 is 1.50 bits per heavy atom. The maximum Gasteiger partial charge on any atom is 0.434 e. The van der Waals surface area contributed by atoms with Crippen LogP contribution in [0.3, 0.4) is 0 Å². The van der Waals surface area contributed by atoms with Gasteiger partial charge in [0.15, 0.2) is 10.3 Å². The van der Waals surface area contributed by atoms with Gasteiger partial charge in [-0.1, -0.05) is 0 Å². The molecule has 0 unspecified atom stereocenters. The molecule has 0 atom stereocenters. The summed E-state index contributed by atoms with van der Waals surface area (Å²) in [5.74, 6) is 0. The van der Waals surface area contributed by atoms with Crippen LogP contribution in [0, 0.1) is 0 Å². The van der Waals surface area contributed by atoms with Crippen molar-refractivity contribution in [3.63, 3.8) is 0 Å². The number of halogens is 4. The first-order chi connectivity index (χ1) is 5.41. The summed E-state index contributed by atoms with van der Waals surface area (Å²) < 4.78 is 35.3. The van der Waals surface area contributed by atoms with Crippen LogP contribution >= 0.6 is 15.9 Å². The molecule has 0 aliphatic heterocycles. The van der Waals surface area contributed by atoms with E-state index in [1.807, 2.05) is 4.98 Å². The molecule has 0 saturated carbocycles. The minimum absolute atomic E-state index is 0.377. The first-order valence-corrected chi connectivity index (χ1v) is 3.53. The highest BCUT2D eigenvalue weighted by Crippen LogP contribution is 2.26. The molecule has 0 aliphatic carbocycles. The van der Waals surface area contributed by atoms with Crippen molar-refractivity contribution in [2.75, 3.05) is 0 Å². The maximum atomic E-state index is 11.9. The second-order valence-corrected chi connectivity index (χ2v) is 2.65. The van der Waals surface area contributed by atoms with E-state index in [1.54, 1.807) is 0 Å². The molecule has 66 valence electrons. The number of aromatic nitrogens is 2. The standard InChI is InChI=1S/C5H2BrF3N2O/c6-3-4(12)10-1-2(11-3)5(7,8)9/h1H,(H,10,12). The molecule has 1 aromatic heterocycles. The Labute approximate surface area is 72.8 Å². The number of hydrogen-bond acceptors (Lipinski definition) is 2. The first-order valence-electron chi connectivity index (χ1n) is 2.73. The van der Waals surface area contributed by atoms with E-state index >= 15 is 0 Å². The summed E-state index contributed by atoms with van der Waals surface area (Å²) in [6, 6.07) is 0. The molecule has 0 aliphatic rings. The molecule has 0 fully saturated rings. The van der Waals surface area contributed by atoms with E-state index in [4.69, 9.17) is 0 Å². The third-order valence-corrected chi connectivity index (χ3v) is 1.57. The van der Waals surface area contributed by atoms with Gasteiger partial charge in [0.1, 0.15) is 0 Å². The van der Waals surface area contributed by atoms with Crippen LogP contribution in [0.4, 0.5) is 13.2 Å². The Balaban J connectivity index is 3.23. The van der Waals surface area contributed by atoms with Gasteiger partial charge < -0.3 is 4.98 Å². The number of H-pyrrole nitrogens is 1. The Hall–Kier alpha value is -0.850. The van der Waals surface area contributed by atoms with E-state index in [-0.39, 0.29) is 4.60 Å². The molecule has 0 radical (unpaired) electrons. The molecular formula is C5H2BrF3N2O. The second-order valence-electron chi connectivity index (χ2n) is 1.90. The van der Waals surface area contributed by atoms with Crippen LogP contribution in [-0.4, -0.2) is 9.97 Å². The van der Waals surface area contributed by atoms with Gasteiger partial charge in [-0.05, 0) is 15.9 Å². The van der Waals surface area contributed by atoms with Crippen molar-refractivity contribution in [1.29, 1.82) is 0 Å². The summed E-state index contributed by atoms with van der Waals surface area (Å²) in [6.45, 7) is 0. The molecule has 1 heterocycles. The van der Waals surface area contributed by atoms with Crippen molar-refractivity contribution >= 4 is 15.9 Å². The quantitative estimate of drug-likeness (QED) is 0.751. The van der Waals surface area contributed by atoms with Crippen LogP contribution in [0.25, 0.3) is 0 Å². The lowest BCUT2D eigenvalue weighted by atomic mass is 10.4. The average Bonchev–Trinajstić information content (AvgIpc) is 1.92.